The van der Waals surface area contributed by atoms with Crippen LogP contribution in [0.25, 0.3) is 10.8 Å². The van der Waals surface area contributed by atoms with Crippen LogP contribution in [0.3, 0.4) is 0 Å². The third-order valence-electron chi connectivity index (χ3n) is 2.81. The maximum atomic E-state index is 11.8. The summed E-state index contributed by atoms with van der Waals surface area (Å²) in [5.74, 6) is -1.01. The molecule has 0 spiro atoms. The highest BCUT2D eigenvalue weighted by Crippen LogP contribution is 2.34. The van der Waals surface area contributed by atoms with E-state index in [-0.39, 0.29) is 0 Å². The predicted octanol–water partition coefficient (Wildman–Crippen LogP) is 2.65. The van der Waals surface area contributed by atoms with Gasteiger partial charge in [-0.1, -0.05) is 23.2 Å². The van der Waals surface area contributed by atoms with Gasteiger partial charge >= 0.3 is 0 Å². The molecular weight excluding hydrogens is 256 g/mol. The zero-order valence-corrected chi connectivity index (χ0v) is 9.69. The summed E-state index contributed by atoms with van der Waals surface area (Å²) in [6.07, 6.45) is 0. The van der Waals surface area contributed by atoms with Crippen molar-refractivity contribution in [2.24, 2.45) is 0 Å². The maximum absolute atomic E-state index is 11.8. The van der Waals surface area contributed by atoms with E-state index in [9.17, 15) is 9.59 Å². The van der Waals surface area contributed by atoms with Gasteiger partial charge < -0.3 is 0 Å². The Labute approximate surface area is 105 Å². The van der Waals surface area contributed by atoms with Crippen LogP contribution in [0.1, 0.15) is 20.7 Å². The number of hydrogen-bond acceptors (Lipinski definition) is 6. The molecule has 0 atom stereocenters. The molecule has 0 saturated carbocycles. The van der Waals surface area contributed by atoms with Crippen molar-refractivity contribution in [1.29, 1.82) is 0 Å². The third-order valence-corrected chi connectivity index (χ3v) is 3.36. The first-order valence-corrected chi connectivity index (χ1v) is 5.77. The molecule has 90 valence electrons. The fourth-order valence-corrected chi connectivity index (χ4v) is 2.57. The van der Waals surface area contributed by atoms with Gasteiger partial charge in [0.2, 0.25) is 11.6 Å². The summed E-state index contributed by atoms with van der Waals surface area (Å²) in [5.41, 5.74) is 0.792. The highest BCUT2D eigenvalue weighted by atomic mass is 32.2. The summed E-state index contributed by atoms with van der Waals surface area (Å²) < 4.78 is 4.32. The molecule has 6 heteroatoms. The van der Waals surface area contributed by atoms with E-state index in [2.05, 4.69) is 9.37 Å². The Kier molecular flexibility index (Phi) is 2.64. The van der Waals surface area contributed by atoms with Crippen LogP contribution < -0.4 is 0 Å². The Hall–Kier alpha value is -1.73. The van der Waals surface area contributed by atoms with Crippen molar-refractivity contribution in [2.45, 2.75) is 4.90 Å². The lowest BCUT2D eigenvalue weighted by atomic mass is 10.1. The molecule has 1 aliphatic carbocycles. The predicted molar refractivity (Wildman–Crippen MR) is 63.3 cm³/mol. The standard InChI is InChI=1S/C12H6O5S/c13-11-8-3-1-2-6-4-7(18-17-16-15)5-9(10(6)8)12(11)14/h1-5,15H. The topological polar surface area (TPSA) is 72.8 Å². The fourth-order valence-electron chi connectivity index (χ4n) is 2.12. The molecule has 0 saturated heterocycles. The first-order chi connectivity index (χ1) is 8.72. The summed E-state index contributed by atoms with van der Waals surface area (Å²) in [6, 6.07) is 8.45. The van der Waals surface area contributed by atoms with Gasteiger partial charge in [0.1, 0.15) is 0 Å². The quantitative estimate of drug-likeness (QED) is 0.397. The van der Waals surface area contributed by atoms with E-state index in [4.69, 9.17) is 5.26 Å². The molecular formula is C12H6O5S. The molecule has 0 bridgehead atoms. The lowest BCUT2D eigenvalue weighted by molar-refractivity contribution is -0.432. The Bertz CT molecular complexity index is 679. The van der Waals surface area contributed by atoms with Gasteiger partial charge in [-0.15, -0.1) is 4.33 Å². The van der Waals surface area contributed by atoms with Crippen LogP contribution in [0.15, 0.2) is 35.2 Å². The van der Waals surface area contributed by atoms with E-state index in [1.54, 1.807) is 30.3 Å². The molecule has 0 aliphatic heterocycles. The van der Waals surface area contributed by atoms with Crippen LogP contribution in [0, 0.1) is 0 Å². The minimum atomic E-state index is -0.520. The molecule has 2 aromatic carbocycles. The number of Topliss-reactive ketones (excluding diaryl/α,β-unsaturated/α-hetero) is 2. The van der Waals surface area contributed by atoms with Crippen molar-refractivity contribution in [3.05, 3.63) is 41.5 Å². The van der Waals surface area contributed by atoms with Crippen LogP contribution in [0.4, 0.5) is 0 Å². The normalized spacial score (nSPS) is 13.6. The van der Waals surface area contributed by atoms with E-state index >= 15 is 0 Å². The number of carbonyl (C=O) groups excluding carboxylic acids is 2. The van der Waals surface area contributed by atoms with Crippen LogP contribution in [-0.4, -0.2) is 16.8 Å². The maximum Gasteiger partial charge on any atom is 0.234 e. The Morgan fingerprint density at radius 1 is 1.06 bits per heavy atom. The molecule has 0 radical (unpaired) electrons. The first kappa shape index (κ1) is 11.4. The Morgan fingerprint density at radius 3 is 2.61 bits per heavy atom. The zero-order valence-electron chi connectivity index (χ0n) is 8.88. The minimum absolute atomic E-state index is 0.358. The Morgan fingerprint density at radius 2 is 1.83 bits per heavy atom. The minimum Gasteiger partial charge on any atom is -0.285 e. The molecule has 0 heterocycles. The smallest absolute Gasteiger partial charge is 0.234 e. The lowest BCUT2D eigenvalue weighted by Gasteiger charge is -2.03. The second-order valence-electron chi connectivity index (χ2n) is 3.76. The van der Waals surface area contributed by atoms with Gasteiger partial charge in [-0.2, -0.15) is 0 Å². The van der Waals surface area contributed by atoms with Crippen molar-refractivity contribution in [3.63, 3.8) is 0 Å². The van der Waals surface area contributed by atoms with Crippen LogP contribution in [-0.2, 0) is 9.37 Å². The highest BCUT2D eigenvalue weighted by Gasteiger charge is 2.31. The summed E-state index contributed by atoms with van der Waals surface area (Å²) in [4.78, 5) is 24.1. The second-order valence-corrected chi connectivity index (χ2v) is 4.53. The number of carbonyl (C=O) groups is 2. The van der Waals surface area contributed by atoms with Gasteiger partial charge in [0, 0.05) is 21.4 Å². The molecule has 1 N–H and O–H groups in total. The van der Waals surface area contributed by atoms with Crippen molar-refractivity contribution in [2.75, 3.05) is 0 Å². The van der Waals surface area contributed by atoms with E-state index < -0.39 is 11.6 Å². The van der Waals surface area contributed by atoms with Gasteiger partial charge in [-0.3, -0.25) is 9.59 Å². The number of rotatable bonds is 3. The zero-order chi connectivity index (χ0) is 12.7. The Balaban J connectivity index is 2.23. The van der Waals surface area contributed by atoms with Crippen molar-refractivity contribution in [3.8, 4) is 0 Å². The third kappa shape index (κ3) is 1.55. The van der Waals surface area contributed by atoms with E-state index in [0.29, 0.717) is 21.4 Å². The molecule has 0 amide bonds. The van der Waals surface area contributed by atoms with E-state index in [0.717, 1.165) is 17.4 Å². The van der Waals surface area contributed by atoms with Gasteiger partial charge in [0.05, 0.1) is 12.0 Å². The number of hydrogen-bond donors (Lipinski definition) is 1. The molecule has 2 aromatic rings. The average molecular weight is 262 g/mol. The van der Waals surface area contributed by atoms with Gasteiger partial charge in [0.15, 0.2) is 0 Å². The molecule has 5 nitrogen and oxygen atoms in total. The van der Waals surface area contributed by atoms with E-state index in [1.165, 1.54) is 0 Å². The molecule has 0 unspecified atom stereocenters. The molecule has 18 heavy (non-hydrogen) atoms. The molecule has 0 aromatic heterocycles. The van der Waals surface area contributed by atoms with Gasteiger partial charge in [-0.25, -0.2) is 5.26 Å². The summed E-state index contributed by atoms with van der Waals surface area (Å²) in [7, 11) is 0. The molecule has 0 fully saturated rings. The van der Waals surface area contributed by atoms with Crippen molar-refractivity contribution >= 4 is 34.4 Å². The second kappa shape index (κ2) is 4.18. The molecule has 1 aliphatic rings. The van der Waals surface area contributed by atoms with Crippen molar-refractivity contribution < 1.29 is 24.2 Å². The fraction of sp³-hybridized carbons (Fsp3) is 0. The van der Waals surface area contributed by atoms with Crippen molar-refractivity contribution in [1.82, 2.24) is 0 Å². The average Bonchev–Trinajstić information content (AvgIpc) is 2.64. The van der Waals surface area contributed by atoms with Crippen LogP contribution in [0.5, 0.6) is 0 Å². The summed E-state index contributed by atoms with van der Waals surface area (Å²) in [6.45, 7) is 0. The SMILES string of the molecule is O=C1C(=O)c2cc(SOOO)cc3cccc1c23. The number of ketones is 2. The summed E-state index contributed by atoms with van der Waals surface area (Å²) in [5, 5.41) is 13.1. The van der Waals surface area contributed by atoms with Crippen LogP contribution >= 0.6 is 12.0 Å². The molecule has 3 rings (SSSR count). The highest BCUT2D eigenvalue weighted by molar-refractivity contribution is 7.94. The summed E-state index contributed by atoms with van der Waals surface area (Å²) >= 11 is 0.755. The van der Waals surface area contributed by atoms with E-state index in [1.807, 2.05) is 0 Å². The number of benzene rings is 2. The monoisotopic (exact) mass is 262 g/mol. The van der Waals surface area contributed by atoms with Crippen LogP contribution in [0.2, 0.25) is 0 Å². The largest absolute Gasteiger partial charge is 0.285 e. The first-order valence-electron chi connectivity index (χ1n) is 5.03. The van der Waals surface area contributed by atoms with Gasteiger partial charge in [0.25, 0.3) is 0 Å². The lowest BCUT2D eigenvalue weighted by Crippen LogP contribution is -2.06. The van der Waals surface area contributed by atoms with Gasteiger partial charge in [-0.05, 0) is 17.5 Å².